The topological polar surface area (TPSA) is 186 Å². The lowest BCUT2D eigenvalue weighted by Gasteiger charge is -2.44. The molecule has 12 heteroatoms. The molecule has 1 aromatic carbocycles. The molecule has 0 unspecified atom stereocenters. The van der Waals surface area contributed by atoms with E-state index in [1.165, 1.54) is 6.92 Å². The van der Waals surface area contributed by atoms with Crippen molar-refractivity contribution in [3.8, 4) is 0 Å². The van der Waals surface area contributed by atoms with Crippen molar-refractivity contribution < 1.29 is 58.6 Å². The van der Waals surface area contributed by atoms with Crippen LogP contribution < -0.4 is 0 Å². The Morgan fingerprint density at radius 1 is 1.07 bits per heavy atom. The summed E-state index contributed by atoms with van der Waals surface area (Å²) in [4.78, 5) is 49.8. The summed E-state index contributed by atoms with van der Waals surface area (Å²) in [7, 11) is 0. The van der Waals surface area contributed by atoms with E-state index in [0.29, 0.717) is 17.9 Å². The maximum absolute atomic E-state index is 12.9. The number of aliphatic carboxylic acids is 2. The molecule has 0 amide bonds. The number of carboxylic acid groups (broad SMARTS) is 2. The lowest BCUT2D eigenvalue weighted by atomic mass is 9.86. The van der Waals surface area contributed by atoms with Crippen LogP contribution >= 0.6 is 0 Å². The highest BCUT2D eigenvalue weighted by Gasteiger charge is 2.77. The molecule has 0 saturated carbocycles. The fourth-order valence-corrected chi connectivity index (χ4v) is 6.22. The highest BCUT2D eigenvalue weighted by Crippen LogP contribution is 2.51. The third kappa shape index (κ3) is 8.03. The van der Waals surface area contributed by atoms with Gasteiger partial charge >= 0.3 is 23.9 Å². The van der Waals surface area contributed by atoms with Gasteiger partial charge in [-0.15, -0.1) is 0 Å². The summed E-state index contributed by atoms with van der Waals surface area (Å²) in [5.41, 5.74) is -1.52. The van der Waals surface area contributed by atoms with Gasteiger partial charge in [0.05, 0.1) is 0 Å². The maximum Gasteiger partial charge on any atom is 0.343 e. The molecule has 46 heavy (non-hydrogen) atoms. The SMILES string of the molecule is C=C(CC[C@@]12O[C@H](C(=O)O)[C@@H](O)[C@@](C(=O)O)(O1)[C@H](OC(=O)/C=C/[C@@H](C)C[C@@H](C)CC)[C@H]2O)[C@@H](OC(C)=O)[C@H](C)Cc1ccccc1. The third-order valence-electron chi connectivity index (χ3n) is 8.81. The van der Waals surface area contributed by atoms with Crippen LogP contribution in [0.25, 0.3) is 0 Å². The van der Waals surface area contributed by atoms with Crippen LogP contribution in [-0.2, 0) is 44.5 Å². The minimum atomic E-state index is -2.87. The van der Waals surface area contributed by atoms with E-state index in [4.69, 9.17) is 18.9 Å². The summed E-state index contributed by atoms with van der Waals surface area (Å²) in [5, 5.41) is 42.6. The van der Waals surface area contributed by atoms with Crippen LogP contribution in [0.3, 0.4) is 0 Å². The number of hydrogen-bond acceptors (Lipinski definition) is 10. The summed E-state index contributed by atoms with van der Waals surface area (Å²) >= 11 is 0. The number of allylic oxidation sites excluding steroid dienone is 1. The number of fused-ring (bicyclic) bond motifs is 2. The first-order chi connectivity index (χ1) is 21.6. The maximum atomic E-state index is 12.9. The van der Waals surface area contributed by atoms with Crippen LogP contribution in [-0.4, -0.2) is 86.2 Å². The number of carbonyl (C=O) groups is 4. The van der Waals surface area contributed by atoms with E-state index in [9.17, 15) is 39.6 Å². The van der Waals surface area contributed by atoms with E-state index in [1.807, 2.05) is 51.1 Å². The molecular formula is C34H46O12. The summed E-state index contributed by atoms with van der Waals surface area (Å²) < 4.78 is 22.4. The molecule has 2 aliphatic rings. The second-order valence-electron chi connectivity index (χ2n) is 12.6. The van der Waals surface area contributed by atoms with E-state index in [0.717, 1.165) is 24.5 Å². The molecule has 2 heterocycles. The van der Waals surface area contributed by atoms with Gasteiger partial charge in [0.15, 0.2) is 12.2 Å². The van der Waals surface area contributed by atoms with Crippen molar-refractivity contribution in [1.29, 1.82) is 0 Å². The van der Waals surface area contributed by atoms with E-state index < -0.39 is 65.8 Å². The van der Waals surface area contributed by atoms with Gasteiger partial charge in [-0.3, -0.25) is 4.79 Å². The quantitative estimate of drug-likeness (QED) is 0.117. The van der Waals surface area contributed by atoms with Crippen molar-refractivity contribution in [2.75, 3.05) is 0 Å². The van der Waals surface area contributed by atoms with E-state index >= 15 is 0 Å². The Balaban J connectivity index is 1.90. The number of hydrogen-bond donors (Lipinski definition) is 4. The second-order valence-corrected chi connectivity index (χ2v) is 12.6. The smallest absolute Gasteiger partial charge is 0.343 e. The molecule has 1 aromatic rings. The van der Waals surface area contributed by atoms with Gasteiger partial charge in [0, 0.05) is 25.3 Å². The lowest BCUT2D eigenvalue weighted by molar-refractivity contribution is -0.353. The average molecular weight is 647 g/mol. The molecule has 3 rings (SSSR count). The minimum Gasteiger partial charge on any atom is -0.479 e. The van der Waals surface area contributed by atoms with Gasteiger partial charge in [-0.2, -0.15) is 0 Å². The number of carbonyl (C=O) groups excluding carboxylic acids is 2. The minimum absolute atomic E-state index is 0.0166. The Morgan fingerprint density at radius 2 is 1.72 bits per heavy atom. The predicted molar refractivity (Wildman–Crippen MR) is 164 cm³/mol. The largest absolute Gasteiger partial charge is 0.479 e. The number of aliphatic hydroxyl groups is 2. The molecule has 2 saturated heterocycles. The number of ether oxygens (including phenoxy) is 4. The summed E-state index contributed by atoms with van der Waals surface area (Å²) in [6.45, 7) is 13.2. The molecular weight excluding hydrogens is 600 g/mol. The van der Waals surface area contributed by atoms with Gasteiger partial charge in [0.1, 0.15) is 18.3 Å². The van der Waals surface area contributed by atoms with Crippen LogP contribution in [0.1, 0.15) is 65.9 Å². The fourth-order valence-electron chi connectivity index (χ4n) is 6.22. The zero-order valence-corrected chi connectivity index (χ0v) is 27.0. The Bertz CT molecular complexity index is 1290. The average Bonchev–Trinajstić information content (AvgIpc) is 3.20. The van der Waals surface area contributed by atoms with Gasteiger partial charge in [-0.25, -0.2) is 14.4 Å². The van der Waals surface area contributed by atoms with Crippen molar-refractivity contribution in [2.45, 2.75) is 109 Å². The number of carboxylic acids is 2. The van der Waals surface area contributed by atoms with Crippen molar-refractivity contribution in [3.05, 3.63) is 60.2 Å². The summed E-state index contributed by atoms with van der Waals surface area (Å²) in [6.07, 6.45) is -4.89. The number of rotatable bonds is 16. The Hall–Kier alpha value is -3.58. The van der Waals surface area contributed by atoms with Crippen LogP contribution in [0.2, 0.25) is 0 Å². The van der Waals surface area contributed by atoms with Crippen LogP contribution in [0, 0.1) is 17.8 Å². The van der Waals surface area contributed by atoms with Gasteiger partial charge in [-0.1, -0.05) is 77.1 Å². The predicted octanol–water partition coefficient (Wildman–Crippen LogP) is 3.43. The standard InChI is InChI=1S/C34H46O12/c1-7-19(2)17-20(3)13-14-25(36)44-30-29(38)33(45-27(31(39)40)28(37)34(30,46-33)32(41)42)16-15-21(4)26(43-23(6)35)22(5)18-24-11-9-8-10-12-24/h8-14,19-20,22,26-30,37-38H,4,7,15-18H2,1-3,5-6H3,(H,39,40)(H,41,42)/b14-13+/t19-,20+,22+,26+,27-,28+,29+,30+,33+,34+/m0/s1. The molecule has 2 fully saturated rings. The summed E-state index contributed by atoms with van der Waals surface area (Å²) in [5.74, 6) is -7.36. The first-order valence-electron chi connectivity index (χ1n) is 15.6. The first kappa shape index (κ1) is 36.9. The highest BCUT2D eigenvalue weighted by molar-refractivity contribution is 5.86. The number of esters is 2. The number of aliphatic hydroxyl groups excluding tert-OH is 2. The van der Waals surface area contributed by atoms with Crippen molar-refractivity contribution >= 4 is 23.9 Å². The Kier molecular flexibility index (Phi) is 12.3. The van der Waals surface area contributed by atoms with Crippen molar-refractivity contribution in [2.24, 2.45) is 17.8 Å². The van der Waals surface area contributed by atoms with Crippen LogP contribution in [0.15, 0.2) is 54.6 Å². The zero-order chi connectivity index (χ0) is 34.4. The van der Waals surface area contributed by atoms with E-state index in [-0.39, 0.29) is 24.7 Å². The summed E-state index contributed by atoms with van der Waals surface area (Å²) in [6, 6.07) is 9.48. The monoisotopic (exact) mass is 646 g/mol. The first-order valence-corrected chi connectivity index (χ1v) is 15.6. The molecule has 0 spiro atoms. The lowest BCUT2D eigenvalue weighted by Crippen LogP contribution is -2.67. The molecule has 0 radical (unpaired) electrons. The van der Waals surface area contributed by atoms with E-state index in [2.05, 4.69) is 13.5 Å². The molecule has 10 atom stereocenters. The normalized spacial score (nSPS) is 29.8. The molecule has 254 valence electrons. The van der Waals surface area contributed by atoms with E-state index in [1.54, 1.807) is 6.08 Å². The third-order valence-corrected chi connectivity index (χ3v) is 8.81. The number of benzene rings is 1. The van der Waals surface area contributed by atoms with Gasteiger partial charge in [-0.05, 0) is 42.2 Å². The molecule has 4 N–H and O–H groups in total. The second kappa shape index (κ2) is 15.3. The molecule has 12 nitrogen and oxygen atoms in total. The molecule has 2 aliphatic heterocycles. The molecule has 0 aliphatic carbocycles. The molecule has 2 bridgehead atoms. The Labute approximate surface area is 269 Å². The van der Waals surface area contributed by atoms with Gasteiger partial charge in [0.25, 0.3) is 0 Å². The zero-order valence-electron chi connectivity index (χ0n) is 27.0. The van der Waals surface area contributed by atoms with Crippen molar-refractivity contribution in [1.82, 2.24) is 0 Å². The van der Waals surface area contributed by atoms with Crippen LogP contribution in [0.5, 0.6) is 0 Å². The highest BCUT2D eigenvalue weighted by atomic mass is 16.8. The fraction of sp³-hybridized carbons (Fsp3) is 0.588. The molecule has 0 aromatic heterocycles. The van der Waals surface area contributed by atoms with Gasteiger partial charge < -0.3 is 39.4 Å². The van der Waals surface area contributed by atoms with Crippen molar-refractivity contribution in [3.63, 3.8) is 0 Å². The Morgan fingerprint density at radius 3 is 2.28 bits per heavy atom. The van der Waals surface area contributed by atoms with Crippen LogP contribution in [0.4, 0.5) is 0 Å². The van der Waals surface area contributed by atoms with Gasteiger partial charge in [0.2, 0.25) is 11.4 Å².